The molecular formula is C16H18ClN3O3. The van der Waals surface area contributed by atoms with Crippen molar-refractivity contribution >= 4 is 11.6 Å². The van der Waals surface area contributed by atoms with Gasteiger partial charge >= 0.3 is 0 Å². The third-order valence-electron chi connectivity index (χ3n) is 4.27. The van der Waals surface area contributed by atoms with Crippen LogP contribution in [0.3, 0.4) is 0 Å². The van der Waals surface area contributed by atoms with Crippen LogP contribution in [0.25, 0.3) is 0 Å². The van der Waals surface area contributed by atoms with Crippen LogP contribution in [0.1, 0.15) is 24.5 Å². The van der Waals surface area contributed by atoms with E-state index < -0.39 is 5.60 Å². The molecule has 7 heteroatoms. The summed E-state index contributed by atoms with van der Waals surface area (Å²) in [6, 6.07) is 7.77. The van der Waals surface area contributed by atoms with E-state index in [4.69, 9.17) is 25.8 Å². The molecule has 1 aromatic heterocycles. The zero-order chi connectivity index (χ0) is 15.7. The van der Waals surface area contributed by atoms with Crippen LogP contribution in [0.15, 0.2) is 36.9 Å². The van der Waals surface area contributed by atoms with Gasteiger partial charge in [-0.2, -0.15) is 5.10 Å². The Morgan fingerprint density at radius 3 is 2.83 bits per heavy atom. The Bertz CT molecular complexity index is 660. The molecule has 122 valence electrons. The Kier molecular flexibility index (Phi) is 4.07. The first-order valence-electron chi connectivity index (χ1n) is 7.75. The fourth-order valence-electron chi connectivity index (χ4n) is 3.10. The van der Waals surface area contributed by atoms with Crippen LogP contribution in [-0.2, 0) is 20.8 Å². The highest BCUT2D eigenvalue weighted by Crippen LogP contribution is 2.55. The van der Waals surface area contributed by atoms with Crippen molar-refractivity contribution in [3.8, 4) is 0 Å². The molecule has 2 aliphatic heterocycles. The summed E-state index contributed by atoms with van der Waals surface area (Å²) in [5, 5.41) is 4.91. The van der Waals surface area contributed by atoms with Crippen molar-refractivity contribution in [1.29, 1.82) is 0 Å². The third kappa shape index (κ3) is 3.12. The van der Waals surface area contributed by atoms with Crippen LogP contribution < -0.4 is 0 Å². The number of ether oxygens (including phenoxy) is 3. The zero-order valence-electron chi connectivity index (χ0n) is 12.6. The van der Waals surface area contributed by atoms with E-state index in [1.807, 2.05) is 24.3 Å². The predicted octanol–water partition coefficient (Wildman–Crippen LogP) is 2.59. The molecule has 0 amide bonds. The maximum Gasteiger partial charge on any atom is 0.160 e. The van der Waals surface area contributed by atoms with Crippen molar-refractivity contribution in [1.82, 2.24) is 14.8 Å². The summed E-state index contributed by atoms with van der Waals surface area (Å²) in [5.74, 6) is 0. The topological polar surface area (TPSA) is 61.7 Å². The Hall–Kier alpha value is -1.47. The van der Waals surface area contributed by atoms with E-state index in [1.165, 1.54) is 6.33 Å². The van der Waals surface area contributed by atoms with Gasteiger partial charge in [0.25, 0.3) is 0 Å². The van der Waals surface area contributed by atoms with E-state index in [1.54, 1.807) is 11.0 Å². The van der Waals surface area contributed by atoms with Gasteiger partial charge in [-0.1, -0.05) is 29.8 Å². The molecule has 2 atom stereocenters. The first-order chi connectivity index (χ1) is 11.3. The molecule has 2 aliphatic rings. The highest BCUT2D eigenvalue weighted by molar-refractivity contribution is 6.31. The number of hydrogen-bond donors (Lipinski definition) is 0. The van der Waals surface area contributed by atoms with Gasteiger partial charge < -0.3 is 14.2 Å². The van der Waals surface area contributed by atoms with E-state index >= 15 is 0 Å². The molecule has 4 rings (SSSR count). The van der Waals surface area contributed by atoms with Crippen molar-refractivity contribution in [2.75, 3.05) is 13.2 Å². The van der Waals surface area contributed by atoms with Crippen molar-refractivity contribution < 1.29 is 14.2 Å². The summed E-state index contributed by atoms with van der Waals surface area (Å²) in [6.45, 7) is 2.04. The molecule has 2 aromatic rings. The standard InChI is InChI=1S/C16H18ClN3O3/c17-13-5-2-1-4-12(13)15-16(23-15,9-20-11-18-10-19-20)8-14-21-6-3-7-22-14/h1-2,4-5,10-11,14-15H,3,6-9H2/t15-,16+/m0/s1. The van der Waals surface area contributed by atoms with Crippen molar-refractivity contribution in [3.05, 3.63) is 47.5 Å². The third-order valence-corrected chi connectivity index (χ3v) is 4.61. The van der Waals surface area contributed by atoms with E-state index in [-0.39, 0.29) is 12.4 Å². The smallest absolute Gasteiger partial charge is 0.160 e. The molecule has 0 spiro atoms. The Labute approximate surface area is 139 Å². The lowest BCUT2D eigenvalue weighted by molar-refractivity contribution is -0.188. The summed E-state index contributed by atoms with van der Waals surface area (Å²) in [6.07, 6.45) is 4.45. The van der Waals surface area contributed by atoms with Crippen LogP contribution in [-0.4, -0.2) is 39.9 Å². The fraction of sp³-hybridized carbons (Fsp3) is 0.500. The fourth-order valence-corrected chi connectivity index (χ4v) is 3.34. The van der Waals surface area contributed by atoms with Gasteiger partial charge in [0.15, 0.2) is 6.29 Å². The van der Waals surface area contributed by atoms with E-state index in [9.17, 15) is 0 Å². The quantitative estimate of drug-likeness (QED) is 0.786. The number of rotatable bonds is 5. The molecule has 23 heavy (non-hydrogen) atoms. The molecule has 1 aromatic carbocycles. The van der Waals surface area contributed by atoms with Crippen molar-refractivity contribution in [2.45, 2.75) is 37.4 Å². The minimum Gasteiger partial charge on any atom is -0.359 e. The van der Waals surface area contributed by atoms with Gasteiger partial charge in [0.2, 0.25) is 0 Å². The van der Waals surface area contributed by atoms with Gasteiger partial charge in [-0.05, 0) is 12.5 Å². The molecule has 3 heterocycles. The summed E-state index contributed by atoms with van der Waals surface area (Å²) in [5.41, 5.74) is 0.561. The average molecular weight is 336 g/mol. The molecule has 0 radical (unpaired) electrons. The second kappa shape index (κ2) is 6.20. The summed E-state index contributed by atoms with van der Waals surface area (Å²) in [4.78, 5) is 4.00. The summed E-state index contributed by atoms with van der Waals surface area (Å²) >= 11 is 6.33. The number of aromatic nitrogens is 3. The molecule has 2 fully saturated rings. The van der Waals surface area contributed by atoms with Gasteiger partial charge in [0, 0.05) is 17.0 Å². The highest BCUT2D eigenvalue weighted by atomic mass is 35.5. The minimum absolute atomic E-state index is 0.0884. The molecule has 0 saturated carbocycles. The Balaban J connectivity index is 1.56. The number of hydrogen-bond acceptors (Lipinski definition) is 5. The van der Waals surface area contributed by atoms with Gasteiger partial charge in [-0.25, -0.2) is 9.67 Å². The molecular weight excluding hydrogens is 318 g/mol. The Morgan fingerprint density at radius 2 is 2.09 bits per heavy atom. The normalized spacial score (nSPS) is 28.0. The van der Waals surface area contributed by atoms with Crippen LogP contribution >= 0.6 is 11.6 Å². The van der Waals surface area contributed by atoms with Crippen LogP contribution in [0.5, 0.6) is 0 Å². The predicted molar refractivity (Wildman–Crippen MR) is 83.0 cm³/mol. The van der Waals surface area contributed by atoms with E-state index in [0.717, 1.165) is 25.2 Å². The Morgan fingerprint density at radius 1 is 1.26 bits per heavy atom. The molecule has 0 N–H and O–H groups in total. The van der Waals surface area contributed by atoms with Crippen LogP contribution in [0, 0.1) is 0 Å². The number of benzene rings is 1. The van der Waals surface area contributed by atoms with Crippen LogP contribution in [0.2, 0.25) is 5.02 Å². The second-order valence-electron chi connectivity index (χ2n) is 5.91. The van der Waals surface area contributed by atoms with Crippen molar-refractivity contribution in [3.63, 3.8) is 0 Å². The average Bonchev–Trinajstić information content (AvgIpc) is 3.00. The van der Waals surface area contributed by atoms with Gasteiger partial charge in [-0.3, -0.25) is 0 Å². The molecule has 6 nitrogen and oxygen atoms in total. The van der Waals surface area contributed by atoms with E-state index in [2.05, 4.69) is 10.1 Å². The zero-order valence-corrected chi connectivity index (χ0v) is 13.4. The molecule has 0 bridgehead atoms. The maximum atomic E-state index is 6.33. The SMILES string of the molecule is Clc1ccccc1[C@@H]1O[C@]1(CC1OCCCO1)Cn1cncn1. The number of halogens is 1. The van der Waals surface area contributed by atoms with Crippen LogP contribution in [0.4, 0.5) is 0 Å². The summed E-state index contributed by atoms with van der Waals surface area (Å²) < 4.78 is 19.3. The number of epoxide rings is 1. The monoisotopic (exact) mass is 335 g/mol. The molecule has 0 unspecified atom stereocenters. The number of nitrogens with zero attached hydrogens (tertiary/aromatic N) is 3. The lowest BCUT2D eigenvalue weighted by Crippen LogP contribution is -2.33. The molecule has 2 saturated heterocycles. The van der Waals surface area contributed by atoms with Gasteiger partial charge in [0.05, 0.1) is 19.8 Å². The lowest BCUT2D eigenvalue weighted by atomic mass is 9.95. The second-order valence-corrected chi connectivity index (χ2v) is 6.31. The first-order valence-corrected chi connectivity index (χ1v) is 8.12. The lowest BCUT2D eigenvalue weighted by Gasteiger charge is -2.26. The summed E-state index contributed by atoms with van der Waals surface area (Å²) in [7, 11) is 0. The van der Waals surface area contributed by atoms with E-state index in [0.29, 0.717) is 18.0 Å². The minimum atomic E-state index is -0.430. The first kappa shape index (κ1) is 15.1. The van der Waals surface area contributed by atoms with Crippen molar-refractivity contribution in [2.24, 2.45) is 0 Å². The highest BCUT2D eigenvalue weighted by Gasteiger charge is 2.59. The molecule has 0 aliphatic carbocycles. The largest absolute Gasteiger partial charge is 0.359 e. The van der Waals surface area contributed by atoms with Gasteiger partial charge in [0.1, 0.15) is 24.4 Å². The maximum absolute atomic E-state index is 6.33. The van der Waals surface area contributed by atoms with Gasteiger partial charge in [-0.15, -0.1) is 0 Å².